The van der Waals surface area contributed by atoms with Crippen molar-refractivity contribution in [3.05, 3.63) is 0 Å². The maximum Gasteiger partial charge on any atom is 0.226 e. The number of nitrogens with zero attached hydrogens (tertiary/aromatic N) is 1. The summed E-state index contributed by atoms with van der Waals surface area (Å²) in [7, 11) is 0. The Balaban J connectivity index is 2.40. The zero-order valence-corrected chi connectivity index (χ0v) is 6.55. The van der Waals surface area contributed by atoms with Crippen molar-refractivity contribution in [1.82, 2.24) is 10.2 Å². The van der Waals surface area contributed by atoms with Gasteiger partial charge in [0.1, 0.15) is 0 Å². The largest absolute Gasteiger partial charge is 0.328 e. The summed E-state index contributed by atoms with van der Waals surface area (Å²) in [5.41, 5.74) is 0. The molecule has 1 saturated heterocycles. The average molecular weight is 142 g/mol. The van der Waals surface area contributed by atoms with Crippen LogP contribution in [0.1, 0.15) is 13.8 Å². The van der Waals surface area contributed by atoms with Gasteiger partial charge >= 0.3 is 0 Å². The highest BCUT2D eigenvalue weighted by Gasteiger charge is 2.19. The van der Waals surface area contributed by atoms with Crippen molar-refractivity contribution in [2.45, 2.75) is 13.8 Å². The van der Waals surface area contributed by atoms with Gasteiger partial charge in [-0.05, 0) is 0 Å². The van der Waals surface area contributed by atoms with E-state index in [0.717, 1.165) is 19.8 Å². The monoisotopic (exact) mass is 142 g/mol. The molecule has 3 nitrogen and oxygen atoms in total. The first-order chi connectivity index (χ1) is 4.72. The zero-order chi connectivity index (χ0) is 7.56. The van der Waals surface area contributed by atoms with Crippen LogP contribution in [0.25, 0.3) is 0 Å². The Morgan fingerprint density at radius 2 is 2.30 bits per heavy atom. The summed E-state index contributed by atoms with van der Waals surface area (Å²) in [5, 5.41) is 3.11. The summed E-state index contributed by atoms with van der Waals surface area (Å²) < 4.78 is 0. The zero-order valence-electron chi connectivity index (χ0n) is 6.55. The molecule has 58 valence electrons. The number of carbonyl (C=O) groups excluding carboxylic acids is 1. The van der Waals surface area contributed by atoms with Crippen molar-refractivity contribution in [3.63, 3.8) is 0 Å². The highest BCUT2D eigenvalue weighted by molar-refractivity contribution is 5.78. The van der Waals surface area contributed by atoms with E-state index in [1.165, 1.54) is 0 Å². The summed E-state index contributed by atoms with van der Waals surface area (Å²) >= 11 is 0. The second-order valence-electron chi connectivity index (χ2n) is 2.91. The second kappa shape index (κ2) is 3.01. The fourth-order valence-electron chi connectivity index (χ4n) is 1.06. The molecule has 10 heavy (non-hydrogen) atoms. The third kappa shape index (κ3) is 1.48. The van der Waals surface area contributed by atoms with Gasteiger partial charge in [0, 0.05) is 19.0 Å². The third-order valence-corrected chi connectivity index (χ3v) is 1.67. The van der Waals surface area contributed by atoms with Gasteiger partial charge < -0.3 is 4.90 Å². The van der Waals surface area contributed by atoms with Gasteiger partial charge in [-0.1, -0.05) is 13.8 Å². The Morgan fingerprint density at radius 3 is 2.70 bits per heavy atom. The van der Waals surface area contributed by atoms with E-state index in [4.69, 9.17) is 0 Å². The number of carbonyl (C=O) groups is 1. The van der Waals surface area contributed by atoms with Crippen LogP contribution in [0.5, 0.6) is 0 Å². The van der Waals surface area contributed by atoms with Gasteiger partial charge in [-0.25, -0.2) is 0 Å². The lowest BCUT2D eigenvalue weighted by molar-refractivity contribution is -0.133. The Morgan fingerprint density at radius 1 is 1.60 bits per heavy atom. The highest BCUT2D eigenvalue weighted by atomic mass is 16.2. The molecule has 3 heteroatoms. The maximum absolute atomic E-state index is 11.2. The van der Waals surface area contributed by atoms with Gasteiger partial charge in [0.25, 0.3) is 0 Å². The minimum absolute atomic E-state index is 0.139. The van der Waals surface area contributed by atoms with Crippen molar-refractivity contribution in [3.8, 4) is 0 Å². The predicted molar refractivity (Wildman–Crippen MR) is 39.4 cm³/mol. The van der Waals surface area contributed by atoms with Crippen LogP contribution in [0.3, 0.4) is 0 Å². The first-order valence-electron chi connectivity index (χ1n) is 3.71. The molecule has 1 heterocycles. The normalized spacial score (nSPS) is 18.5. The topological polar surface area (TPSA) is 32.3 Å². The molecule has 0 aromatic rings. The third-order valence-electron chi connectivity index (χ3n) is 1.67. The molecule has 0 radical (unpaired) electrons. The number of nitrogens with one attached hydrogen (secondary N) is 1. The van der Waals surface area contributed by atoms with Gasteiger partial charge in [0.15, 0.2) is 0 Å². The second-order valence-corrected chi connectivity index (χ2v) is 2.91. The van der Waals surface area contributed by atoms with Crippen LogP contribution < -0.4 is 5.32 Å². The molecule has 1 N–H and O–H groups in total. The fraction of sp³-hybridized carbons (Fsp3) is 0.857. The van der Waals surface area contributed by atoms with Crippen molar-refractivity contribution >= 4 is 5.91 Å². The number of amides is 1. The minimum Gasteiger partial charge on any atom is -0.328 e. The molecule has 0 aliphatic carbocycles. The average Bonchev–Trinajstić information content (AvgIpc) is 2.36. The number of rotatable bonds is 1. The smallest absolute Gasteiger partial charge is 0.226 e. The Kier molecular flexibility index (Phi) is 2.27. The molecule has 0 saturated carbocycles. The summed E-state index contributed by atoms with van der Waals surface area (Å²) in [6.45, 7) is 6.41. The van der Waals surface area contributed by atoms with E-state index in [1.807, 2.05) is 18.7 Å². The Hall–Kier alpha value is -0.570. The number of hydrogen-bond acceptors (Lipinski definition) is 2. The van der Waals surface area contributed by atoms with Crippen LogP contribution in [0.2, 0.25) is 0 Å². The van der Waals surface area contributed by atoms with Crippen LogP contribution >= 0.6 is 0 Å². The minimum atomic E-state index is 0.139. The SMILES string of the molecule is CC(C)C(=O)N1CCNC1. The summed E-state index contributed by atoms with van der Waals surface area (Å²) in [6, 6.07) is 0. The van der Waals surface area contributed by atoms with E-state index in [0.29, 0.717) is 0 Å². The van der Waals surface area contributed by atoms with E-state index in [1.54, 1.807) is 0 Å². The van der Waals surface area contributed by atoms with Crippen LogP contribution in [0, 0.1) is 5.92 Å². The molecule has 1 aliphatic heterocycles. The molecule has 0 unspecified atom stereocenters. The summed E-state index contributed by atoms with van der Waals surface area (Å²) in [5.74, 6) is 0.393. The highest BCUT2D eigenvalue weighted by Crippen LogP contribution is 2.01. The van der Waals surface area contributed by atoms with Gasteiger partial charge in [0.2, 0.25) is 5.91 Å². The maximum atomic E-state index is 11.2. The molecule has 0 aromatic heterocycles. The van der Waals surface area contributed by atoms with Crippen LogP contribution in [0.4, 0.5) is 0 Å². The van der Waals surface area contributed by atoms with Crippen LogP contribution in [-0.2, 0) is 4.79 Å². The molecule has 1 amide bonds. The Labute approximate surface area is 61.4 Å². The van der Waals surface area contributed by atoms with E-state index < -0.39 is 0 Å². The first-order valence-corrected chi connectivity index (χ1v) is 3.71. The van der Waals surface area contributed by atoms with E-state index >= 15 is 0 Å². The lowest BCUT2D eigenvalue weighted by Crippen LogP contribution is -2.32. The first kappa shape index (κ1) is 7.54. The van der Waals surface area contributed by atoms with Crippen LogP contribution in [-0.4, -0.2) is 30.6 Å². The van der Waals surface area contributed by atoms with Crippen LogP contribution in [0.15, 0.2) is 0 Å². The fourth-order valence-corrected chi connectivity index (χ4v) is 1.06. The lowest BCUT2D eigenvalue weighted by atomic mass is 10.2. The van der Waals surface area contributed by atoms with Crippen molar-refractivity contribution in [1.29, 1.82) is 0 Å². The summed E-state index contributed by atoms with van der Waals surface area (Å²) in [6.07, 6.45) is 0. The molecule has 0 bridgehead atoms. The predicted octanol–water partition coefficient (Wildman–Crippen LogP) is 0.0317. The van der Waals surface area contributed by atoms with E-state index in [9.17, 15) is 4.79 Å². The standard InChI is InChI=1S/C7H14N2O/c1-6(2)7(10)9-4-3-8-5-9/h6,8H,3-5H2,1-2H3. The lowest BCUT2D eigenvalue weighted by Gasteiger charge is -2.16. The van der Waals surface area contributed by atoms with E-state index in [2.05, 4.69) is 5.32 Å². The molecular formula is C7H14N2O. The Bertz CT molecular complexity index is 128. The molecule has 0 atom stereocenters. The van der Waals surface area contributed by atoms with Gasteiger partial charge in [-0.3, -0.25) is 10.1 Å². The molecular weight excluding hydrogens is 128 g/mol. The van der Waals surface area contributed by atoms with Crippen molar-refractivity contribution in [2.75, 3.05) is 19.8 Å². The van der Waals surface area contributed by atoms with Crippen molar-refractivity contribution in [2.24, 2.45) is 5.92 Å². The van der Waals surface area contributed by atoms with Gasteiger partial charge in [-0.15, -0.1) is 0 Å². The molecule has 0 spiro atoms. The molecule has 1 fully saturated rings. The van der Waals surface area contributed by atoms with Gasteiger partial charge in [-0.2, -0.15) is 0 Å². The number of hydrogen-bond donors (Lipinski definition) is 1. The van der Waals surface area contributed by atoms with Crippen molar-refractivity contribution < 1.29 is 4.79 Å². The van der Waals surface area contributed by atoms with Gasteiger partial charge in [0.05, 0.1) is 6.67 Å². The molecule has 1 aliphatic rings. The molecule has 1 rings (SSSR count). The quantitative estimate of drug-likeness (QED) is 0.560. The van der Waals surface area contributed by atoms with E-state index in [-0.39, 0.29) is 11.8 Å². The summed E-state index contributed by atoms with van der Waals surface area (Å²) in [4.78, 5) is 13.1. The molecule has 0 aromatic carbocycles.